The fraction of sp³-hybridized carbons (Fsp3) is 0.350. The summed E-state index contributed by atoms with van der Waals surface area (Å²) < 4.78 is 26.5. The first-order chi connectivity index (χ1) is 14.0. The van der Waals surface area contributed by atoms with E-state index in [1.54, 1.807) is 48.7 Å². The second-order valence-electron chi connectivity index (χ2n) is 6.76. The van der Waals surface area contributed by atoms with E-state index in [1.165, 1.54) is 4.31 Å². The van der Waals surface area contributed by atoms with Crippen LogP contribution < -0.4 is 10.6 Å². The van der Waals surface area contributed by atoms with Gasteiger partial charge in [0.05, 0.1) is 17.1 Å². The zero-order valence-corrected chi connectivity index (χ0v) is 16.8. The SMILES string of the molecule is O=C(NCCc1ccc(S(=O)(=O)N2CCCC2)cc1)C(=O)NCc1ccccn1. The Balaban J connectivity index is 1.44. The van der Waals surface area contributed by atoms with Crippen LogP contribution in [0.15, 0.2) is 53.6 Å². The maximum absolute atomic E-state index is 12.5. The van der Waals surface area contributed by atoms with Crippen LogP contribution in [0.25, 0.3) is 0 Å². The molecule has 2 N–H and O–H groups in total. The zero-order valence-electron chi connectivity index (χ0n) is 16.0. The Hall–Kier alpha value is -2.78. The number of amides is 2. The third-order valence-corrected chi connectivity index (χ3v) is 6.60. The summed E-state index contributed by atoms with van der Waals surface area (Å²) in [5.74, 6) is -1.43. The van der Waals surface area contributed by atoms with Gasteiger partial charge in [0.15, 0.2) is 0 Å². The molecular formula is C20H24N4O4S. The van der Waals surface area contributed by atoms with E-state index in [2.05, 4.69) is 15.6 Å². The predicted molar refractivity (Wildman–Crippen MR) is 107 cm³/mol. The third kappa shape index (κ3) is 5.61. The topological polar surface area (TPSA) is 108 Å². The minimum Gasteiger partial charge on any atom is -0.348 e. The molecule has 1 aromatic heterocycles. The minimum atomic E-state index is -3.42. The smallest absolute Gasteiger partial charge is 0.309 e. The van der Waals surface area contributed by atoms with Gasteiger partial charge in [0.2, 0.25) is 10.0 Å². The third-order valence-electron chi connectivity index (χ3n) is 4.69. The number of hydrogen-bond donors (Lipinski definition) is 2. The molecule has 29 heavy (non-hydrogen) atoms. The number of nitrogens with zero attached hydrogens (tertiary/aromatic N) is 2. The fourth-order valence-corrected chi connectivity index (χ4v) is 4.58. The van der Waals surface area contributed by atoms with Crippen molar-refractivity contribution in [3.05, 3.63) is 59.9 Å². The van der Waals surface area contributed by atoms with Gasteiger partial charge in [0, 0.05) is 25.8 Å². The van der Waals surface area contributed by atoms with Crippen LogP contribution in [0.5, 0.6) is 0 Å². The maximum atomic E-state index is 12.5. The van der Waals surface area contributed by atoms with Crippen LogP contribution in [-0.2, 0) is 32.6 Å². The first-order valence-electron chi connectivity index (χ1n) is 9.52. The van der Waals surface area contributed by atoms with Crippen LogP contribution in [0.4, 0.5) is 0 Å². The summed E-state index contributed by atoms with van der Waals surface area (Å²) in [6.07, 6.45) is 3.89. The zero-order chi connectivity index (χ0) is 20.7. The average Bonchev–Trinajstić information content (AvgIpc) is 3.29. The van der Waals surface area contributed by atoms with E-state index >= 15 is 0 Å². The summed E-state index contributed by atoms with van der Waals surface area (Å²) in [7, 11) is -3.42. The lowest BCUT2D eigenvalue weighted by Gasteiger charge is -2.15. The lowest BCUT2D eigenvalue weighted by atomic mass is 10.1. The predicted octanol–water partition coefficient (Wildman–Crippen LogP) is 0.841. The molecule has 1 aromatic carbocycles. The molecule has 1 saturated heterocycles. The van der Waals surface area contributed by atoms with Crippen molar-refractivity contribution in [1.29, 1.82) is 0 Å². The lowest BCUT2D eigenvalue weighted by Crippen LogP contribution is -2.40. The molecule has 2 amide bonds. The van der Waals surface area contributed by atoms with E-state index in [9.17, 15) is 18.0 Å². The number of carbonyl (C=O) groups is 2. The van der Waals surface area contributed by atoms with Gasteiger partial charge in [-0.1, -0.05) is 18.2 Å². The normalized spacial score (nSPS) is 14.5. The van der Waals surface area contributed by atoms with E-state index in [4.69, 9.17) is 0 Å². The van der Waals surface area contributed by atoms with Crippen LogP contribution in [0, 0.1) is 0 Å². The number of aromatic nitrogens is 1. The second kappa shape index (κ2) is 9.62. The van der Waals surface area contributed by atoms with Gasteiger partial charge in [-0.25, -0.2) is 8.42 Å². The Morgan fingerprint density at radius 1 is 0.966 bits per heavy atom. The summed E-state index contributed by atoms with van der Waals surface area (Å²) in [5, 5.41) is 5.07. The molecule has 0 saturated carbocycles. The molecule has 1 aliphatic rings. The van der Waals surface area contributed by atoms with Crippen molar-refractivity contribution < 1.29 is 18.0 Å². The highest BCUT2D eigenvalue weighted by molar-refractivity contribution is 7.89. The first-order valence-corrected chi connectivity index (χ1v) is 11.0. The number of pyridine rings is 1. The van der Waals surface area contributed by atoms with Gasteiger partial charge in [-0.3, -0.25) is 14.6 Å². The van der Waals surface area contributed by atoms with Crippen LogP contribution in [-0.4, -0.2) is 49.2 Å². The summed E-state index contributed by atoms with van der Waals surface area (Å²) >= 11 is 0. The summed E-state index contributed by atoms with van der Waals surface area (Å²) in [6, 6.07) is 12.0. The van der Waals surface area contributed by atoms with E-state index in [0.717, 1.165) is 18.4 Å². The summed E-state index contributed by atoms with van der Waals surface area (Å²) in [6.45, 7) is 1.59. The molecule has 0 spiro atoms. The van der Waals surface area contributed by atoms with E-state index in [-0.39, 0.29) is 18.0 Å². The molecule has 0 bridgehead atoms. The van der Waals surface area contributed by atoms with Gasteiger partial charge in [-0.05, 0) is 49.1 Å². The van der Waals surface area contributed by atoms with Gasteiger partial charge in [0.25, 0.3) is 0 Å². The van der Waals surface area contributed by atoms with Crippen molar-refractivity contribution in [2.45, 2.75) is 30.7 Å². The molecule has 0 radical (unpaired) electrons. The van der Waals surface area contributed by atoms with Crippen molar-refractivity contribution in [3.63, 3.8) is 0 Å². The highest BCUT2D eigenvalue weighted by atomic mass is 32.2. The highest BCUT2D eigenvalue weighted by Gasteiger charge is 2.26. The molecule has 9 heteroatoms. The Kier molecular flexibility index (Phi) is 6.95. The second-order valence-corrected chi connectivity index (χ2v) is 8.70. The molecule has 2 aromatic rings. The highest BCUT2D eigenvalue weighted by Crippen LogP contribution is 2.21. The van der Waals surface area contributed by atoms with Crippen LogP contribution in [0.1, 0.15) is 24.1 Å². The number of rotatable bonds is 7. The number of sulfonamides is 1. The number of carbonyl (C=O) groups excluding carboxylic acids is 2. The molecule has 1 fully saturated rings. The summed E-state index contributed by atoms with van der Waals surface area (Å²) in [4.78, 5) is 28.0. The van der Waals surface area contributed by atoms with Crippen molar-refractivity contribution in [2.75, 3.05) is 19.6 Å². The van der Waals surface area contributed by atoms with Crippen LogP contribution in [0.3, 0.4) is 0 Å². The van der Waals surface area contributed by atoms with Gasteiger partial charge in [-0.15, -0.1) is 0 Å². The molecule has 0 atom stereocenters. The molecule has 3 rings (SSSR count). The molecule has 8 nitrogen and oxygen atoms in total. The molecule has 154 valence electrons. The van der Waals surface area contributed by atoms with Crippen molar-refractivity contribution in [1.82, 2.24) is 19.9 Å². The van der Waals surface area contributed by atoms with Gasteiger partial charge in [0.1, 0.15) is 0 Å². The Bertz CT molecular complexity index is 940. The number of benzene rings is 1. The molecule has 0 unspecified atom stereocenters. The average molecular weight is 417 g/mol. The standard InChI is InChI=1S/C20H24N4O4S/c25-19(20(26)23-15-17-5-1-2-11-21-17)22-12-10-16-6-8-18(9-7-16)29(27,28)24-13-3-4-14-24/h1-2,5-9,11H,3-4,10,12-15H2,(H,22,25)(H,23,26). The largest absolute Gasteiger partial charge is 0.348 e. The fourth-order valence-electron chi connectivity index (χ4n) is 3.06. The quantitative estimate of drug-likeness (QED) is 0.651. The van der Waals surface area contributed by atoms with Gasteiger partial charge in [-0.2, -0.15) is 4.31 Å². The Labute approximate surface area is 170 Å². The number of nitrogens with one attached hydrogen (secondary N) is 2. The van der Waals surface area contributed by atoms with E-state index in [1.807, 2.05) is 0 Å². The van der Waals surface area contributed by atoms with Crippen molar-refractivity contribution >= 4 is 21.8 Å². The minimum absolute atomic E-state index is 0.181. The molecule has 2 heterocycles. The molecular weight excluding hydrogens is 392 g/mol. The Morgan fingerprint density at radius 3 is 2.31 bits per heavy atom. The van der Waals surface area contributed by atoms with Gasteiger partial charge < -0.3 is 10.6 Å². The maximum Gasteiger partial charge on any atom is 0.309 e. The van der Waals surface area contributed by atoms with Gasteiger partial charge >= 0.3 is 11.8 Å². The molecule has 1 aliphatic heterocycles. The van der Waals surface area contributed by atoms with E-state index in [0.29, 0.717) is 25.2 Å². The van der Waals surface area contributed by atoms with Crippen molar-refractivity contribution in [3.8, 4) is 0 Å². The monoisotopic (exact) mass is 416 g/mol. The lowest BCUT2D eigenvalue weighted by molar-refractivity contribution is -0.139. The number of hydrogen-bond acceptors (Lipinski definition) is 5. The summed E-state index contributed by atoms with van der Waals surface area (Å²) in [5.41, 5.74) is 1.54. The van der Waals surface area contributed by atoms with E-state index < -0.39 is 21.8 Å². The Morgan fingerprint density at radius 2 is 1.66 bits per heavy atom. The van der Waals surface area contributed by atoms with Crippen molar-refractivity contribution in [2.24, 2.45) is 0 Å². The molecule has 0 aliphatic carbocycles. The van der Waals surface area contributed by atoms with Crippen LogP contribution >= 0.6 is 0 Å². The first kappa shape index (κ1) is 20.9. The van der Waals surface area contributed by atoms with Crippen LogP contribution in [0.2, 0.25) is 0 Å².